The number of nitrogens with one attached hydrogen (secondary N) is 3. The summed E-state index contributed by atoms with van der Waals surface area (Å²) in [4.78, 5) is 27.9. The molecule has 0 aliphatic carbocycles. The van der Waals surface area contributed by atoms with Gasteiger partial charge >= 0.3 is 0 Å². The second-order valence-corrected chi connectivity index (χ2v) is 9.68. The number of morpholine rings is 1. The summed E-state index contributed by atoms with van der Waals surface area (Å²) in [5.74, 6) is 1.13. The number of H-pyrrole nitrogens is 1. The van der Waals surface area contributed by atoms with Crippen LogP contribution >= 0.6 is 11.6 Å². The van der Waals surface area contributed by atoms with Gasteiger partial charge in [-0.25, -0.2) is 29.6 Å². The second kappa shape index (κ2) is 11.1. The monoisotopic (exact) mass is 542 g/mol. The Morgan fingerprint density at radius 1 is 1.22 bits per heavy atom. The molecule has 14 heteroatoms. The standard InChI is InChI=1S/C23H26ClN9O3S/c1-13(33-3-5-36-6-4-33)15-8-18(19-20-23(28-12-27-20)31-14(2)30-19)22(26-9-15)32-17-7-16(10-29-37(34)35)21(24)25-11-17/h7-9,11-13,29H,3-6,10H2,1-2H3,(H,26,32)(H,34,35)(H,27,28,30,31)/p-1. The highest BCUT2D eigenvalue weighted by atomic mass is 35.5. The normalized spacial score (nSPS) is 16.1. The first-order valence-corrected chi connectivity index (χ1v) is 13.1. The largest absolute Gasteiger partial charge is 0.760 e. The molecule has 0 saturated carbocycles. The molecule has 194 valence electrons. The van der Waals surface area contributed by atoms with Crippen molar-refractivity contribution in [3.8, 4) is 11.3 Å². The van der Waals surface area contributed by atoms with Crippen molar-refractivity contribution in [2.24, 2.45) is 0 Å². The second-order valence-electron chi connectivity index (χ2n) is 8.56. The fraction of sp³-hybridized carbons (Fsp3) is 0.348. The highest BCUT2D eigenvalue weighted by Crippen LogP contribution is 2.34. The predicted octanol–water partition coefficient (Wildman–Crippen LogP) is 2.79. The summed E-state index contributed by atoms with van der Waals surface area (Å²) in [7, 11) is 0. The summed E-state index contributed by atoms with van der Waals surface area (Å²) in [5.41, 5.74) is 4.82. The Labute approximate surface area is 220 Å². The van der Waals surface area contributed by atoms with Gasteiger partial charge in [0, 0.05) is 54.3 Å². The molecular weight excluding hydrogens is 518 g/mol. The maximum Gasteiger partial charge on any atom is 0.181 e. The van der Waals surface area contributed by atoms with Crippen molar-refractivity contribution >= 4 is 45.5 Å². The van der Waals surface area contributed by atoms with Crippen LogP contribution in [0.25, 0.3) is 22.4 Å². The van der Waals surface area contributed by atoms with E-state index in [1.807, 2.05) is 13.1 Å². The van der Waals surface area contributed by atoms with Crippen LogP contribution in [-0.4, -0.2) is 69.9 Å². The molecule has 5 rings (SSSR count). The summed E-state index contributed by atoms with van der Waals surface area (Å²) in [6.45, 7) is 7.06. The topological polar surface area (TPSA) is 157 Å². The predicted molar refractivity (Wildman–Crippen MR) is 139 cm³/mol. The van der Waals surface area contributed by atoms with Gasteiger partial charge in [-0.1, -0.05) is 11.6 Å². The van der Waals surface area contributed by atoms with E-state index in [0.29, 0.717) is 53.0 Å². The number of halogens is 1. The van der Waals surface area contributed by atoms with Gasteiger partial charge in [-0.05, 0) is 31.5 Å². The number of aromatic amines is 1. The molecule has 4 aromatic heterocycles. The molecule has 0 amide bonds. The number of rotatable bonds is 8. The van der Waals surface area contributed by atoms with Gasteiger partial charge in [-0.2, -0.15) is 0 Å². The summed E-state index contributed by atoms with van der Waals surface area (Å²) in [5, 5.41) is 3.51. The average Bonchev–Trinajstić information content (AvgIpc) is 3.37. The quantitative estimate of drug-likeness (QED) is 0.223. The highest BCUT2D eigenvalue weighted by molar-refractivity contribution is 7.77. The smallest absolute Gasteiger partial charge is 0.181 e. The molecule has 2 unspecified atom stereocenters. The highest BCUT2D eigenvalue weighted by Gasteiger charge is 2.22. The lowest BCUT2D eigenvalue weighted by atomic mass is 10.0. The van der Waals surface area contributed by atoms with Crippen LogP contribution in [0.1, 0.15) is 29.9 Å². The van der Waals surface area contributed by atoms with E-state index in [9.17, 15) is 8.76 Å². The van der Waals surface area contributed by atoms with E-state index in [2.05, 4.69) is 47.9 Å². The first-order valence-electron chi connectivity index (χ1n) is 11.6. The van der Waals surface area contributed by atoms with Crippen molar-refractivity contribution in [2.45, 2.75) is 26.4 Å². The molecule has 1 fully saturated rings. The Kier molecular flexibility index (Phi) is 7.69. The van der Waals surface area contributed by atoms with Gasteiger partial charge in [-0.15, -0.1) is 0 Å². The molecule has 0 bridgehead atoms. The van der Waals surface area contributed by atoms with Crippen molar-refractivity contribution in [1.29, 1.82) is 0 Å². The molecule has 2 atom stereocenters. The lowest BCUT2D eigenvalue weighted by molar-refractivity contribution is 0.0198. The number of fused-ring (bicyclic) bond motifs is 1. The molecule has 0 aromatic carbocycles. The van der Waals surface area contributed by atoms with Crippen LogP contribution in [0.2, 0.25) is 5.15 Å². The minimum Gasteiger partial charge on any atom is -0.760 e. The van der Waals surface area contributed by atoms with E-state index >= 15 is 0 Å². The van der Waals surface area contributed by atoms with Crippen LogP contribution < -0.4 is 10.0 Å². The number of ether oxygens (including phenoxy) is 1. The van der Waals surface area contributed by atoms with Gasteiger partial charge in [0.25, 0.3) is 0 Å². The third-order valence-corrected chi connectivity index (χ3v) is 6.91. The van der Waals surface area contributed by atoms with Crippen LogP contribution in [-0.2, 0) is 22.5 Å². The number of aromatic nitrogens is 6. The first kappa shape index (κ1) is 25.6. The van der Waals surface area contributed by atoms with Crippen LogP contribution in [0.5, 0.6) is 0 Å². The molecule has 37 heavy (non-hydrogen) atoms. The van der Waals surface area contributed by atoms with Crippen LogP contribution in [0.3, 0.4) is 0 Å². The van der Waals surface area contributed by atoms with Crippen LogP contribution in [0, 0.1) is 6.92 Å². The zero-order valence-electron chi connectivity index (χ0n) is 20.2. The average molecular weight is 543 g/mol. The van der Waals surface area contributed by atoms with Crippen molar-refractivity contribution in [3.05, 3.63) is 53.0 Å². The van der Waals surface area contributed by atoms with Gasteiger partial charge in [-0.3, -0.25) is 9.11 Å². The third kappa shape index (κ3) is 5.76. The van der Waals surface area contributed by atoms with Crippen molar-refractivity contribution < 1.29 is 13.5 Å². The molecule has 1 saturated heterocycles. The summed E-state index contributed by atoms with van der Waals surface area (Å²) < 4.78 is 29.7. The summed E-state index contributed by atoms with van der Waals surface area (Å²) >= 11 is 3.75. The number of hydrogen-bond acceptors (Lipinski definition) is 10. The molecule has 12 nitrogen and oxygen atoms in total. The van der Waals surface area contributed by atoms with Gasteiger partial charge in [0.15, 0.2) is 5.65 Å². The first-order chi connectivity index (χ1) is 17.9. The molecule has 1 aliphatic rings. The number of pyridine rings is 2. The summed E-state index contributed by atoms with van der Waals surface area (Å²) in [6, 6.07) is 3.92. The minimum atomic E-state index is -2.42. The Morgan fingerprint density at radius 3 is 2.81 bits per heavy atom. The van der Waals surface area contributed by atoms with Crippen molar-refractivity contribution in [2.75, 3.05) is 31.6 Å². The molecule has 5 heterocycles. The van der Waals surface area contributed by atoms with Crippen molar-refractivity contribution in [3.63, 3.8) is 0 Å². The van der Waals surface area contributed by atoms with E-state index < -0.39 is 11.3 Å². The molecule has 0 spiro atoms. The fourth-order valence-electron chi connectivity index (χ4n) is 4.26. The van der Waals surface area contributed by atoms with Crippen LogP contribution in [0.15, 0.2) is 30.9 Å². The molecule has 0 radical (unpaired) electrons. The minimum absolute atomic E-state index is 0.00756. The van der Waals surface area contributed by atoms with E-state index in [0.717, 1.165) is 24.2 Å². The molecular formula is C23H25ClN9O3S-. The van der Waals surface area contributed by atoms with Gasteiger partial charge in [0.2, 0.25) is 0 Å². The van der Waals surface area contributed by atoms with E-state index in [1.165, 1.54) is 0 Å². The van der Waals surface area contributed by atoms with Crippen LogP contribution in [0.4, 0.5) is 11.5 Å². The Hall–Kier alpha value is -3.07. The lowest BCUT2D eigenvalue weighted by Crippen LogP contribution is -2.38. The van der Waals surface area contributed by atoms with Gasteiger partial charge in [0.1, 0.15) is 28.0 Å². The fourth-order valence-corrected chi connectivity index (χ4v) is 4.70. The molecule has 1 aliphatic heterocycles. The Morgan fingerprint density at radius 2 is 2.03 bits per heavy atom. The Balaban J connectivity index is 1.56. The molecule has 3 N–H and O–H groups in total. The maximum absolute atomic E-state index is 10.9. The van der Waals surface area contributed by atoms with E-state index in [-0.39, 0.29) is 17.7 Å². The van der Waals surface area contributed by atoms with Crippen molar-refractivity contribution in [1.82, 2.24) is 39.5 Å². The number of hydrogen-bond donors (Lipinski definition) is 3. The van der Waals surface area contributed by atoms with E-state index in [4.69, 9.17) is 26.3 Å². The lowest BCUT2D eigenvalue weighted by Gasteiger charge is -2.32. The van der Waals surface area contributed by atoms with Gasteiger partial charge in [0.05, 0.1) is 31.4 Å². The SMILES string of the molecule is Cc1nc(-c2cc(C(C)N3CCOCC3)cnc2Nc2cnc(Cl)c(CNS(=O)[O-])c2)c2[nH]cnc2n1. The Bertz CT molecular complexity index is 1440. The number of aryl methyl sites for hydroxylation is 1. The third-order valence-electron chi connectivity index (χ3n) is 6.19. The number of imidazole rings is 1. The van der Waals surface area contributed by atoms with Gasteiger partial charge < -0.3 is 19.6 Å². The zero-order valence-corrected chi connectivity index (χ0v) is 21.8. The molecule has 4 aromatic rings. The van der Waals surface area contributed by atoms with E-state index in [1.54, 1.807) is 18.6 Å². The zero-order chi connectivity index (χ0) is 25.9. The summed E-state index contributed by atoms with van der Waals surface area (Å²) in [6.07, 6.45) is 4.99. The maximum atomic E-state index is 10.9. The number of anilines is 2. The number of nitrogens with zero attached hydrogens (tertiary/aromatic N) is 6.